The molecule has 1 unspecified atom stereocenters. The Balaban J connectivity index is 1.74. The van der Waals surface area contributed by atoms with Crippen LogP contribution in [0.25, 0.3) is 0 Å². The topological polar surface area (TPSA) is 71.3 Å². The molecule has 0 fully saturated rings. The van der Waals surface area contributed by atoms with E-state index < -0.39 is 0 Å². The van der Waals surface area contributed by atoms with E-state index in [2.05, 4.69) is 10.1 Å². The van der Waals surface area contributed by atoms with Crippen molar-refractivity contribution in [2.24, 2.45) is 0 Å². The Kier molecular flexibility index (Phi) is 4.57. The highest BCUT2D eigenvalue weighted by Gasteiger charge is 2.27. The van der Waals surface area contributed by atoms with E-state index in [-0.39, 0.29) is 17.9 Å². The average molecular weight is 341 g/mol. The van der Waals surface area contributed by atoms with Crippen LogP contribution in [0, 0.1) is 6.92 Å². The van der Waals surface area contributed by atoms with Gasteiger partial charge in [0.05, 0.1) is 6.54 Å². The maximum atomic E-state index is 12.8. The van der Waals surface area contributed by atoms with Crippen LogP contribution in [0.2, 0.25) is 0 Å². The predicted octanol–water partition coefficient (Wildman–Crippen LogP) is 1.38. The molecule has 132 valence electrons. The van der Waals surface area contributed by atoms with Crippen molar-refractivity contribution in [2.75, 3.05) is 20.6 Å². The van der Waals surface area contributed by atoms with Crippen LogP contribution in [0.15, 0.2) is 24.4 Å². The number of likely N-dealkylation sites (N-methyl/N-ethyl adjacent to an activating group) is 2. The third-order valence-electron chi connectivity index (χ3n) is 4.67. The van der Waals surface area contributed by atoms with Crippen LogP contribution in [0.3, 0.4) is 0 Å². The average Bonchev–Trinajstić information content (AvgIpc) is 3.02. The SMILES string of the molecule is Cc1ccnc(CC(C)N(C)C(=O)c2cc3n(n2)CCN(C)C3=O)c1. The van der Waals surface area contributed by atoms with E-state index >= 15 is 0 Å². The van der Waals surface area contributed by atoms with E-state index in [1.54, 1.807) is 40.8 Å². The Morgan fingerprint density at radius 2 is 2.12 bits per heavy atom. The van der Waals surface area contributed by atoms with Crippen LogP contribution in [0.4, 0.5) is 0 Å². The molecule has 2 amide bonds. The summed E-state index contributed by atoms with van der Waals surface area (Å²) < 4.78 is 1.62. The number of hydrogen-bond donors (Lipinski definition) is 0. The van der Waals surface area contributed by atoms with E-state index in [1.165, 1.54) is 0 Å². The maximum Gasteiger partial charge on any atom is 0.274 e. The van der Waals surface area contributed by atoms with Crippen molar-refractivity contribution in [1.29, 1.82) is 0 Å². The zero-order chi connectivity index (χ0) is 18.1. The molecule has 7 nitrogen and oxygen atoms in total. The largest absolute Gasteiger partial charge is 0.339 e. The number of aryl methyl sites for hydroxylation is 1. The molecule has 1 aliphatic rings. The summed E-state index contributed by atoms with van der Waals surface area (Å²) in [6.45, 7) is 5.22. The smallest absolute Gasteiger partial charge is 0.274 e. The van der Waals surface area contributed by atoms with Crippen LogP contribution in [-0.2, 0) is 13.0 Å². The lowest BCUT2D eigenvalue weighted by molar-refractivity contribution is 0.0725. The highest BCUT2D eigenvalue weighted by Crippen LogP contribution is 2.15. The molecule has 0 aliphatic carbocycles. The number of fused-ring (bicyclic) bond motifs is 1. The van der Waals surface area contributed by atoms with Crippen molar-refractivity contribution in [1.82, 2.24) is 24.6 Å². The normalized spacial score (nSPS) is 15.0. The van der Waals surface area contributed by atoms with Crippen LogP contribution in [0.5, 0.6) is 0 Å². The van der Waals surface area contributed by atoms with Gasteiger partial charge < -0.3 is 9.80 Å². The number of pyridine rings is 1. The van der Waals surface area contributed by atoms with Gasteiger partial charge in [0.2, 0.25) is 0 Å². The van der Waals surface area contributed by atoms with Gasteiger partial charge in [-0.3, -0.25) is 19.3 Å². The first-order valence-corrected chi connectivity index (χ1v) is 8.39. The Hall–Kier alpha value is -2.70. The summed E-state index contributed by atoms with van der Waals surface area (Å²) in [5, 5.41) is 4.32. The van der Waals surface area contributed by atoms with E-state index in [0.717, 1.165) is 11.3 Å². The molecule has 1 aliphatic heterocycles. The second-order valence-electron chi connectivity index (χ2n) is 6.66. The van der Waals surface area contributed by atoms with Crippen molar-refractivity contribution in [2.45, 2.75) is 32.9 Å². The first-order valence-electron chi connectivity index (χ1n) is 8.39. The molecule has 2 aromatic rings. The highest BCUT2D eigenvalue weighted by atomic mass is 16.2. The summed E-state index contributed by atoms with van der Waals surface area (Å²) in [6, 6.07) is 5.54. The minimum atomic E-state index is -0.183. The van der Waals surface area contributed by atoms with Crippen molar-refractivity contribution >= 4 is 11.8 Å². The number of hydrogen-bond acceptors (Lipinski definition) is 4. The lowest BCUT2D eigenvalue weighted by atomic mass is 10.1. The van der Waals surface area contributed by atoms with Crippen LogP contribution < -0.4 is 0 Å². The van der Waals surface area contributed by atoms with E-state index in [9.17, 15) is 9.59 Å². The van der Waals surface area contributed by atoms with Gasteiger partial charge in [0.15, 0.2) is 5.69 Å². The van der Waals surface area contributed by atoms with E-state index in [1.807, 2.05) is 26.0 Å². The number of rotatable bonds is 4. The number of carbonyl (C=O) groups is 2. The van der Waals surface area contributed by atoms with E-state index in [0.29, 0.717) is 30.9 Å². The first kappa shape index (κ1) is 17.1. The summed E-state index contributed by atoms with van der Waals surface area (Å²) in [5.74, 6) is -0.282. The van der Waals surface area contributed by atoms with Gasteiger partial charge in [-0.15, -0.1) is 0 Å². The fourth-order valence-electron chi connectivity index (χ4n) is 2.94. The third kappa shape index (κ3) is 3.40. The Morgan fingerprint density at radius 3 is 2.84 bits per heavy atom. The third-order valence-corrected chi connectivity index (χ3v) is 4.67. The zero-order valence-electron chi connectivity index (χ0n) is 15.1. The molecule has 0 radical (unpaired) electrons. The van der Waals surface area contributed by atoms with Gasteiger partial charge >= 0.3 is 0 Å². The van der Waals surface area contributed by atoms with Gasteiger partial charge in [-0.2, -0.15) is 5.10 Å². The van der Waals surface area contributed by atoms with Gasteiger partial charge in [-0.1, -0.05) is 0 Å². The van der Waals surface area contributed by atoms with Crippen molar-refractivity contribution in [3.63, 3.8) is 0 Å². The molecule has 2 aromatic heterocycles. The molecule has 0 spiro atoms. The second kappa shape index (κ2) is 6.66. The summed E-state index contributed by atoms with van der Waals surface area (Å²) in [6.07, 6.45) is 2.45. The fourth-order valence-corrected chi connectivity index (χ4v) is 2.94. The molecule has 1 atom stereocenters. The molecule has 3 heterocycles. The van der Waals surface area contributed by atoms with Crippen LogP contribution in [0.1, 0.15) is 39.2 Å². The van der Waals surface area contributed by atoms with Gasteiger partial charge in [0, 0.05) is 51.1 Å². The van der Waals surface area contributed by atoms with Gasteiger partial charge in [0.25, 0.3) is 11.8 Å². The minimum Gasteiger partial charge on any atom is -0.339 e. The quantitative estimate of drug-likeness (QED) is 0.842. The van der Waals surface area contributed by atoms with Crippen LogP contribution in [-0.4, -0.2) is 63.1 Å². The standard InChI is InChI=1S/C18H23N5O2/c1-12-5-6-19-14(9-12)10-13(2)22(4)17(24)15-11-16-18(25)21(3)7-8-23(16)20-15/h5-6,9,11,13H,7-8,10H2,1-4H3. The summed E-state index contributed by atoms with van der Waals surface area (Å²) in [4.78, 5) is 32.6. The molecule has 0 bridgehead atoms. The first-order chi connectivity index (χ1) is 11.9. The predicted molar refractivity (Wildman–Crippen MR) is 93.4 cm³/mol. The van der Waals surface area contributed by atoms with E-state index in [4.69, 9.17) is 0 Å². The molecular formula is C18H23N5O2. The minimum absolute atomic E-state index is 0.0288. The van der Waals surface area contributed by atoms with Gasteiger partial charge in [-0.05, 0) is 31.5 Å². The summed E-state index contributed by atoms with van der Waals surface area (Å²) >= 11 is 0. The second-order valence-corrected chi connectivity index (χ2v) is 6.66. The summed E-state index contributed by atoms with van der Waals surface area (Å²) in [5.41, 5.74) is 2.88. The lowest BCUT2D eigenvalue weighted by Crippen LogP contribution is -2.37. The fraction of sp³-hybridized carbons (Fsp3) is 0.444. The Morgan fingerprint density at radius 1 is 1.36 bits per heavy atom. The highest BCUT2D eigenvalue weighted by molar-refractivity contribution is 5.98. The van der Waals surface area contributed by atoms with Crippen molar-refractivity contribution in [3.8, 4) is 0 Å². The van der Waals surface area contributed by atoms with Crippen molar-refractivity contribution < 1.29 is 9.59 Å². The molecule has 0 saturated carbocycles. The zero-order valence-corrected chi connectivity index (χ0v) is 15.1. The monoisotopic (exact) mass is 341 g/mol. The number of aromatic nitrogens is 3. The molecular weight excluding hydrogens is 318 g/mol. The molecule has 7 heteroatoms. The van der Waals surface area contributed by atoms with Gasteiger partial charge in [-0.25, -0.2) is 0 Å². The Bertz CT molecular complexity index is 814. The molecule has 3 rings (SSSR count). The molecule has 0 saturated heterocycles. The van der Waals surface area contributed by atoms with Crippen LogP contribution >= 0.6 is 0 Å². The summed E-state index contributed by atoms with van der Waals surface area (Å²) in [7, 11) is 3.51. The van der Waals surface area contributed by atoms with Gasteiger partial charge in [0.1, 0.15) is 5.69 Å². The molecule has 25 heavy (non-hydrogen) atoms. The maximum absolute atomic E-state index is 12.8. The number of nitrogens with zero attached hydrogens (tertiary/aromatic N) is 5. The number of carbonyl (C=O) groups excluding carboxylic acids is 2. The van der Waals surface area contributed by atoms with Crippen molar-refractivity contribution in [3.05, 3.63) is 47.0 Å². The molecule has 0 N–H and O–H groups in total. The molecule has 0 aromatic carbocycles. The number of amides is 2. The Labute approximate surface area is 147 Å². The lowest BCUT2D eigenvalue weighted by Gasteiger charge is -2.24.